The molecule has 3 aliphatic rings. The zero-order valence-electron chi connectivity index (χ0n) is 20.0. The fraction of sp³-hybridized carbons (Fsp3) is 0.560. The number of nitrogens with zero attached hydrogens (tertiary/aromatic N) is 3. The van der Waals surface area contributed by atoms with Crippen molar-refractivity contribution in [1.29, 1.82) is 0 Å². The number of hydrogen-bond acceptors (Lipinski definition) is 8. The molecular formula is C25H32N4O6. The molecule has 1 aromatic carbocycles. The summed E-state index contributed by atoms with van der Waals surface area (Å²) in [7, 11) is 1.62. The van der Waals surface area contributed by atoms with Gasteiger partial charge < -0.3 is 19.5 Å². The number of methoxy groups -OCH3 is 1. The second-order valence-corrected chi connectivity index (χ2v) is 8.90. The first-order chi connectivity index (χ1) is 17.0. The number of benzene rings is 1. The number of ether oxygens (including phenoxy) is 3. The third-order valence-electron chi connectivity index (χ3n) is 6.46. The summed E-state index contributed by atoms with van der Waals surface area (Å²) >= 11 is 0. The van der Waals surface area contributed by atoms with Gasteiger partial charge in [0.1, 0.15) is 18.3 Å². The van der Waals surface area contributed by atoms with Crippen molar-refractivity contribution in [2.45, 2.75) is 19.3 Å². The van der Waals surface area contributed by atoms with Crippen LogP contribution in [0.4, 0.5) is 0 Å². The predicted molar refractivity (Wildman–Crippen MR) is 129 cm³/mol. The maximum atomic E-state index is 12.9. The number of rotatable bonds is 10. The Morgan fingerprint density at radius 2 is 1.91 bits per heavy atom. The fourth-order valence-corrected chi connectivity index (χ4v) is 4.45. The Morgan fingerprint density at radius 1 is 1.14 bits per heavy atom. The molecule has 188 valence electrons. The van der Waals surface area contributed by atoms with E-state index in [2.05, 4.69) is 15.3 Å². The number of likely N-dealkylation sites (tertiary alicyclic amines) is 1. The van der Waals surface area contributed by atoms with Crippen molar-refractivity contribution in [1.82, 2.24) is 10.2 Å². The standard InChI is InChI=1S/C25H32N4O6/c1-33-12-13-35-19-4-2-17(3-5-19)24(31)18-6-9-29(10-7-18)15-23(30)26-14-22-27-21-8-11-34-16-20(21)25(32)28-22/h2-5,18,20H,6-16H2,1H3,(H,26,30). The normalized spacial score (nSPS) is 21.1. The van der Waals surface area contributed by atoms with Gasteiger partial charge in [-0.15, -0.1) is 0 Å². The Hall–Kier alpha value is -2.95. The predicted octanol–water partition coefficient (Wildman–Crippen LogP) is 1.14. The highest BCUT2D eigenvalue weighted by molar-refractivity contribution is 6.17. The summed E-state index contributed by atoms with van der Waals surface area (Å²) in [5, 5.41) is 2.81. The Bertz CT molecular complexity index is 982. The van der Waals surface area contributed by atoms with Gasteiger partial charge in [-0.25, -0.2) is 4.99 Å². The molecule has 4 rings (SSSR count). The van der Waals surface area contributed by atoms with Crippen molar-refractivity contribution < 1.29 is 28.6 Å². The van der Waals surface area contributed by atoms with Gasteiger partial charge in [0.2, 0.25) is 5.91 Å². The summed E-state index contributed by atoms with van der Waals surface area (Å²) in [6.07, 6.45) is 2.02. The SMILES string of the molecule is COCCOc1ccc(C(=O)C2CCN(CC(=O)NCC3=NC(=O)C4COCCC4=N3)CC2)cc1. The molecule has 3 aliphatic heterocycles. The Labute approximate surface area is 204 Å². The highest BCUT2D eigenvalue weighted by Gasteiger charge is 2.31. The molecule has 1 aromatic rings. The van der Waals surface area contributed by atoms with E-state index < -0.39 is 0 Å². The Balaban J connectivity index is 1.18. The summed E-state index contributed by atoms with van der Waals surface area (Å²) in [6, 6.07) is 7.21. The zero-order valence-corrected chi connectivity index (χ0v) is 20.0. The molecule has 35 heavy (non-hydrogen) atoms. The number of amides is 2. The molecule has 1 atom stereocenters. The first-order valence-corrected chi connectivity index (χ1v) is 12.0. The molecule has 0 aromatic heterocycles. The molecule has 1 N–H and O–H groups in total. The highest BCUT2D eigenvalue weighted by Crippen LogP contribution is 2.23. The lowest BCUT2D eigenvalue weighted by molar-refractivity contribution is -0.123. The molecule has 2 fully saturated rings. The van der Waals surface area contributed by atoms with Crippen LogP contribution in [0.15, 0.2) is 34.3 Å². The van der Waals surface area contributed by atoms with E-state index in [0.717, 1.165) is 5.71 Å². The van der Waals surface area contributed by atoms with Crippen LogP contribution in [0, 0.1) is 11.8 Å². The van der Waals surface area contributed by atoms with Crippen LogP contribution in [0.25, 0.3) is 0 Å². The smallest absolute Gasteiger partial charge is 0.258 e. The lowest BCUT2D eigenvalue weighted by atomic mass is 9.89. The van der Waals surface area contributed by atoms with Gasteiger partial charge in [-0.05, 0) is 50.2 Å². The largest absolute Gasteiger partial charge is 0.491 e. The number of ketones is 1. The topological polar surface area (TPSA) is 119 Å². The van der Waals surface area contributed by atoms with Gasteiger partial charge in [-0.3, -0.25) is 19.3 Å². The van der Waals surface area contributed by atoms with Crippen molar-refractivity contribution in [3.8, 4) is 5.75 Å². The Morgan fingerprint density at radius 3 is 2.66 bits per heavy atom. The van der Waals surface area contributed by atoms with E-state index in [1.807, 2.05) is 4.90 Å². The average Bonchev–Trinajstić information content (AvgIpc) is 2.88. The van der Waals surface area contributed by atoms with Gasteiger partial charge in [0.15, 0.2) is 11.6 Å². The molecule has 3 heterocycles. The summed E-state index contributed by atoms with van der Waals surface area (Å²) in [4.78, 5) is 48.0. The van der Waals surface area contributed by atoms with Crippen LogP contribution < -0.4 is 10.1 Å². The number of fused-ring (bicyclic) bond motifs is 1. The van der Waals surface area contributed by atoms with E-state index in [9.17, 15) is 14.4 Å². The van der Waals surface area contributed by atoms with Crippen LogP contribution in [0.5, 0.6) is 5.75 Å². The zero-order chi connectivity index (χ0) is 24.6. The van der Waals surface area contributed by atoms with Gasteiger partial charge in [0.25, 0.3) is 5.91 Å². The molecule has 10 nitrogen and oxygen atoms in total. The lowest BCUT2D eigenvalue weighted by Gasteiger charge is -2.30. The molecular weight excluding hydrogens is 452 g/mol. The molecule has 2 amide bonds. The van der Waals surface area contributed by atoms with E-state index in [-0.39, 0.29) is 42.5 Å². The third kappa shape index (κ3) is 6.81. The van der Waals surface area contributed by atoms with E-state index in [1.54, 1.807) is 31.4 Å². The van der Waals surface area contributed by atoms with Crippen LogP contribution in [0.1, 0.15) is 29.6 Å². The second-order valence-electron chi connectivity index (χ2n) is 8.90. The molecule has 0 spiro atoms. The number of amidine groups is 1. The minimum absolute atomic E-state index is 0.0552. The number of carbonyl (C=O) groups excluding carboxylic acids is 3. The first kappa shape index (κ1) is 25.2. The molecule has 0 saturated carbocycles. The van der Waals surface area contributed by atoms with Crippen molar-refractivity contribution in [3.05, 3.63) is 29.8 Å². The van der Waals surface area contributed by atoms with Gasteiger partial charge in [-0.1, -0.05) is 0 Å². The summed E-state index contributed by atoms with van der Waals surface area (Å²) in [5.41, 5.74) is 1.47. The summed E-state index contributed by atoms with van der Waals surface area (Å²) < 4.78 is 15.8. The summed E-state index contributed by atoms with van der Waals surface area (Å²) in [6.45, 7) is 3.56. The molecule has 0 bridgehead atoms. The molecule has 2 saturated heterocycles. The van der Waals surface area contributed by atoms with Crippen LogP contribution in [-0.4, -0.2) is 93.8 Å². The van der Waals surface area contributed by atoms with Gasteiger partial charge in [0, 0.05) is 30.7 Å². The monoisotopic (exact) mass is 484 g/mol. The minimum atomic E-state index is -0.376. The number of carbonyl (C=O) groups is 3. The van der Waals surface area contributed by atoms with E-state index in [4.69, 9.17) is 14.2 Å². The number of piperidine rings is 1. The van der Waals surface area contributed by atoms with Gasteiger partial charge in [0.05, 0.1) is 32.9 Å². The highest BCUT2D eigenvalue weighted by atomic mass is 16.5. The second kappa shape index (κ2) is 12.1. The van der Waals surface area contributed by atoms with E-state index in [0.29, 0.717) is 75.9 Å². The number of hydrogen-bond donors (Lipinski definition) is 1. The van der Waals surface area contributed by atoms with Crippen LogP contribution in [0.2, 0.25) is 0 Å². The maximum absolute atomic E-state index is 12.9. The van der Waals surface area contributed by atoms with Gasteiger partial charge in [-0.2, -0.15) is 4.99 Å². The number of nitrogens with one attached hydrogen (secondary N) is 1. The minimum Gasteiger partial charge on any atom is -0.491 e. The molecule has 0 aliphatic carbocycles. The first-order valence-electron chi connectivity index (χ1n) is 12.0. The molecule has 1 unspecified atom stereocenters. The third-order valence-corrected chi connectivity index (χ3v) is 6.46. The van der Waals surface area contributed by atoms with E-state index >= 15 is 0 Å². The van der Waals surface area contributed by atoms with Crippen LogP contribution in [-0.2, 0) is 19.1 Å². The maximum Gasteiger partial charge on any atom is 0.258 e. The Kier molecular flexibility index (Phi) is 8.73. The van der Waals surface area contributed by atoms with Crippen LogP contribution in [0.3, 0.4) is 0 Å². The van der Waals surface area contributed by atoms with E-state index in [1.165, 1.54) is 0 Å². The van der Waals surface area contributed by atoms with Crippen molar-refractivity contribution in [2.24, 2.45) is 21.8 Å². The molecule has 0 radical (unpaired) electrons. The quantitative estimate of drug-likeness (QED) is 0.391. The number of Topliss-reactive ketones (excluding diaryl/α,β-unsaturated/α-hetero) is 1. The van der Waals surface area contributed by atoms with Crippen LogP contribution >= 0.6 is 0 Å². The van der Waals surface area contributed by atoms with Crippen molar-refractivity contribution >= 4 is 29.1 Å². The average molecular weight is 485 g/mol. The molecule has 10 heteroatoms. The fourth-order valence-electron chi connectivity index (χ4n) is 4.45. The van der Waals surface area contributed by atoms with Gasteiger partial charge >= 0.3 is 0 Å². The van der Waals surface area contributed by atoms with Crippen molar-refractivity contribution in [3.63, 3.8) is 0 Å². The van der Waals surface area contributed by atoms with Crippen molar-refractivity contribution in [2.75, 3.05) is 59.7 Å². The number of aliphatic imine (C=N–C) groups is 2. The summed E-state index contributed by atoms with van der Waals surface area (Å²) in [5.74, 6) is 0.350. The lowest BCUT2D eigenvalue weighted by Crippen LogP contribution is -2.44.